The Morgan fingerprint density at radius 1 is 1.15 bits per heavy atom. The molecule has 1 saturated heterocycles. The molecule has 1 amide bonds. The maximum atomic E-state index is 12.7. The Bertz CT molecular complexity index is 748. The van der Waals surface area contributed by atoms with Crippen molar-refractivity contribution in [2.45, 2.75) is 19.4 Å². The van der Waals surface area contributed by atoms with Gasteiger partial charge in [0.05, 0.1) is 6.42 Å². The van der Waals surface area contributed by atoms with Gasteiger partial charge in [-0.15, -0.1) is 10.2 Å². The van der Waals surface area contributed by atoms with Gasteiger partial charge in [-0.3, -0.25) is 4.79 Å². The molecular formula is C19H24ClN5O. The summed E-state index contributed by atoms with van der Waals surface area (Å²) in [4.78, 5) is 18.9. The van der Waals surface area contributed by atoms with Crippen LogP contribution >= 0.6 is 11.6 Å². The number of piperazine rings is 1. The Kier molecular flexibility index (Phi) is 5.61. The predicted molar refractivity (Wildman–Crippen MR) is 105 cm³/mol. The smallest absolute Gasteiger partial charge is 0.227 e. The van der Waals surface area contributed by atoms with Crippen LogP contribution in [0.15, 0.2) is 36.4 Å². The van der Waals surface area contributed by atoms with Gasteiger partial charge < -0.3 is 14.7 Å². The van der Waals surface area contributed by atoms with Gasteiger partial charge in [-0.25, -0.2) is 0 Å². The number of hydrogen-bond donors (Lipinski definition) is 0. The lowest BCUT2D eigenvalue weighted by molar-refractivity contribution is -0.132. The van der Waals surface area contributed by atoms with Crippen LogP contribution in [0.3, 0.4) is 0 Å². The Balaban J connectivity index is 1.60. The van der Waals surface area contributed by atoms with Crippen LogP contribution in [0.1, 0.15) is 12.5 Å². The van der Waals surface area contributed by atoms with Crippen molar-refractivity contribution in [2.24, 2.45) is 0 Å². The van der Waals surface area contributed by atoms with E-state index in [-0.39, 0.29) is 11.9 Å². The van der Waals surface area contributed by atoms with Crippen LogP contribution in [0.2, 0.25) is 5.15 Å². The minimum absolute atomic E-state index is 0.120. The molecule has 0 N–H and O–H groups in total. The van der Waals surface area contributed by atoms with E-state index >= 15 is 0 Å². The predicted octanol–water partition coefficient (Wildman–Crippen LogP) is 2.48. The van der Waals surface area contributed by atoms with Crippen LogP contribution in [0.5, 0.6) is 0 Å². The average molecular weight is 374 g/mol. The van der Waals surface area contributed by atoms with Crippen LogP contribution < -0.4 is 9.80 Å². The van der Waals surface area contributed by atoms with Gasteiger partial charge in [0, 0.05) is 45.5 Å². The van der Waals surface area contributed by atoms with Gasteiger partial charge in [0.25, 0.3) is 0 Å². The summed E-state index contributed by atoms with van der Waals surface area (Å²) in [5.41, 5.74) is 2.17. The molecule has 0 radical (unpaired) electrons. The highest BCUT2D eigenvalue weighted by Gasteiger charge is 2.28. The molecule has 7 heteroatoms. The minimum Gasteiger partial charge on any atom is -0.378 e. The number of anilines is 2. The van der Waals surface area contributed by atoms with Crippen molar-refractivity contribution in [3.05, 3.63) is 47.1 Å². The van der Waals surface area contributed by atoms with Crippen molar-refractivity contribution in [3.63, 3.8) is 0 Å². The molecular weight excluding hydrogens is 350 g/mol. The van der Waals surface area contributed by atoms with Crippen LogP contribution in [0, 0.1) is 0 Å². The zero-order valence-corrected chi connectivity index (χ0v) is 16.1. The molecule has 1 aliphatic heterocycles. The van der Waals surface area contributed by atoms with Crippen LogP contribution in [0.4, 0.5) is 11.5 Å². The van der Waals surface area contributed by atoms with E-state index in [1.54, 1.807) is 6.07 Å². The monoisotopic (exact) mass is 373 g/mol. The third-order valence-corrected chi connectivity index (χ3v) is 4.90. The number of amides is 1. The summed E-state index contributed by atoms with van der Waals surface area (Å²) in [5.74, 6) is 0.963. The van der Waals surface area contributed by atoms with E-state index in [0.29, 0.717) is 18.1 Å². The molecule has 0 spiro atoms. The summed E-state index contributed by atoms with van der Waals surface area (Å²) in [7, 11) is 4.01. The lowest BCUT2D eigenvalue weighted by atomic mass is 10.1. The van der Waals surface area contributed by atoms with Gasteiger partial charge in [-0.2, -0.15) is 0 Å². The van der Waals surface area contributed by atoms with Gasteiger partial charge in [0.1, 0.15) is 0 Å². The molecule has 1 fully saturated rings. The van der Waals surface area contributed by atoms with Gasteiger partial charge >= 0.3 is 0 Å². The molecule has 1 aromatic heterocycles. The lowest BCUT2D eigenvalue weighted by Gasteiger charge is -2.40. The largest absolute Gasteiger partial charge is 0.378 e. The number of hydrogen-bond acceptors (Lipinski definition) is 5. The minimum atomic E-state index is 0.120. The van der Waals surface area contributed by atoms with E-state index in [4.69, 9.17) is 11.6 Å². The number of halogens is 1. The number of carbonyl (C=O) groups is 1. The van der Waals surface area contributed by atoms with Crippen LogP contribution in [-0.4, -0.2) is 60.8 Å². The van der Waals surface area contributed by atoms with E-state index in [1.807, 2.05) is 54.2 Å². The van der Waals surface area contributed by atoms with Crippen LogP contribution in [0.25, 0.3) is 0 Å². The Labute approximate surface area is 159 Å². The summed E-state index contributed by atoms with van der Waals surface area (Å²) < 4.78 is 0. The maximum Gasteiger partial charge on any atom is 0.227 e. The normalized spacial score (nSPS) is 17.3. The lowest BCUT2D eigenvalue weighted by Crippen LogP contribution is -2.54. The van der Waals surface area contributed by atoms with Gasteiger partial charge in [-0.05, 0) is 36.8 Å². The number of aromatic nitrogens is 2. The zero-order chi connectivity index (χ0) is 18.7. The van der Waals surface area contributed by atoms with E-state index in [1.165, 1.54) is 0 Å². The fraction of sp³-hybridized carbons (Fsp3) is 0.421. The second-order valence-electron chi connectivity index (χ2n) is 6.83. The summed E-state index contributed by atoms with van der Waals surface area (Å²) in [6.07, 6.45) is 0.429. The van der Waals surface area contributed by atoms with E-state index in [0.717, 1.165) is 30.2 Å². The van der Waals surface area contributed by atoms with E-state index in [2.05, 4.69) is 22.0 Å². The molecule has 138 valence electrons. The Hall–Kier alpha value is -2.34. The molecule has 1 aliphatic rings. The number of benzene rings is 1. The maximum absolute atomic E-state index is 12.7. The second-order valence-corrected chi connectivity index (χ2v) is 7.22. The first-order valence-corrected chi connectivity index (χ1v) is 9.12. The van der Waals surface area contributed by atoms with Crippen molar-refractivity contribution in [1.29, 1.82) is 0 Å². The fourth-order valence-corrected chi connectivity index (χ4v) is 3.30. The highest BCUT2D eigenvalue weighted by Crippen LogP contribution is 2.19. The first-order chi connectivity index (χ1) is 12.4. The zero-order valence-electron chi connectivity index (χ0n) is 15.4. The third-order valence-electron chi connectivity index (χ3n) is 4.70. The SMILES string of the molecule is C[C@@H]1CN(c2ccc(Cl)nn2)CCN1C(=O)Cc1ccc(N(C)C)cc1. The third kappa shape index (κ3) is 4.25. The van der Waals surface area contributed by atoms with Crippen molar-refractivity contribution in [3.8, 4) is 0 Å². The highest BCUT2D eigenvalue weighted by molar-refractivity contribution is 6.29. The summed E-state index contributed by atoms with van der Waals surface area (Å²) >= 11 is 5.80. The number of carbonyl (C=O) groups excluding carboxylic acids is 1. The Morgan fingerprint density at radius 2 is 1.88 bits per heavy atom. The van der Waals surface area contributed by atoms with Crippen LogP contribution in [-0.2, 0) is 11.2 Å². The molecule has 1 atom stereocenters. The first-order valence-electron chi connectivity index (χ1n) is 8.74. The molecule has 1 aromatic carbocycles. The summed E-state index contributed by atoms with van der Waals surface area (Å²) in [5, 5.41) is 8.42. The standard InChI is InChI=1S/C19H24ClN5O/c1-14-13-24(18-9-8-17(20)21-22-18)10-11-25(14)19(26)12-15-4-6-16(7-5-15)23(2)3/h4-9,14H,10-13H2,1-3H3/t14-/m1/s1. The molecule has 26 heavy (non-hydrogen) atoms. The average Bonchev–Trinajstić information content (AvgIpc) is 2.62. The topological polar surface area (TPSA) is 52.6 Å². The molecule has 0 aliphatic carbocycles. The molecule has 0 bridgehead atoms. The van der Waals surface area contributed by atoms with Crippen molar-refractivity contribution < 1.29 is 4.79 Å². The van der Waals surface area contributed by atoms with Gasteiger partial charge in [0.2, 0.25) is 5.91 Å². The fourth-order valence-electron chi connectivity index (χ4n) is 3.20. The molecule has 0 unspecified atom stereocenters. The van der Waals surface area contributed by atoms with Crippen molar-refractivity contribution in [2.75, 3.05) is 43.5 Å². The van der Waals surface area contributed by atoms with E-state index in [9.17, 15) is 4.79 Å². The summed E-state index contributed by atoms with van der Waals surface area (Å²) in [6.45, 7) is 4.23. The highest BCUT2D eigenvalue weighted by atomic mass is 35.5. The van der Waals surface area contributed by atoms with Crippen molar-refractivity contribution in [1.82, 2.24) is 15.1 Å². The first kappa shape index (κ1) is 18.5. The molecule has 6 nitrogen and oxygen atoms in total. The quantitative estimate of drug-likeness (QED) is 0.824. The van der Waals surface area contributed by atoms with Gasteiger partial charge in [0.15, 0.2) is 11.0 Å². The molecule has 2 aromatic rings. The Morgan fingerprint density at radius 3 is 2.46 bits per heavy atom. The van der Waals surface area contributed by atoms with Gasteiger partial charge in [-0.1, -0.05) is 23.7 Å². The van der Waals surface area contributed by atoms with E-state index < -0.39 is 0 Å². The molecule has 2 heterocycles. The second kappa shape index (κ2) is 7.91. The molecule has 3 rings (SSSR count). The number of nitrogens with zero attached hydrogens (tertiary/aromatic N) is 5. The van der Waals surface area contributed by atoms with Crippen molar-refractivity contribution >= 4 is 29.0 Å². The molecule has 0 saturated carbocycles. The number of rotatable bonds is 4. The summed E-state index contributed by atoms with van der Waals surface area (Å²) in [6, 6.07) is 11.9.